The molecular formula is C16H17ClN2O2. The van der Waals surface area contributed by atoms with Crippen molar-refractivity contribution in [3.8, 4) is 0 Å². The Labute approximate surface area is 128 Å². The number of nitrogens with two attached hydrogens (primary N) is 1. The van der Waals surface area contributed by atoms with Gasteiger partial charge in [-0.15, -0.1) is 0 Å². The van der Waals surface area contributed by atoms with Crippen molar-refractivity contribution < 1.29 is 9.90 Å². The molecule has 0 aliphatic rings. The predicted octanol–water partition coefficient (Wildman–Crippen LogP) is 4.10. The molecule has 2 aromatic carbocycles. The van der Waals surface area contributed by atoms with E-state index in [1.54, 1.807) is 6.07 Å². The zero-order valence-electron chi connectivity index (χ0n) is 11.9. The van der Waals surface area contributed by atoms with Crippen LogP contribution in [0.4, 0.5) is 11.4 Å². The summed E-state index contributed by atoms with van der Waals surface area (Å²) in [6, 6.07) is 10.8. The van der Waals surface area contributed by atoms with Gasteiger partial charge in [0.1, 0.15) is 0 Å². The number of benzene rings is 2. The van der Waals surface area contributed by atoms with Crippen LogP contribution >= 0.6 is 11.6 Å². The van der Waals surface area contributed by atoms with Crippen molar-refractivity contribution in [3.05, 3.63) is 58.1 Å². The summed E-state index contributed by atoms with van der Waals surface area (Å²) in [6.45, 7) is 3.97. The largest absolute Gasteiger partial charge is 0.478 e. The van der Waals surface area contributed by atoms with E-state index in [2.05, 4.69) is 5.32 Å². The van der Waals surface area contributed by atoms with Crippen LogP contribution in [0, 0.1) is 6.92 Å². The molecule has 0 aliphatic heterocycles. The van der Waals surface area contributed by atoms with Crippen LogP contribution in [0.3, 0.4) is 0 Å². The van der Waals surface area contributed by atoms with Crippen molar-refractivity contribution in [2.24, 2.45) is 0 Å². The molecule has 1 unspecified atom stereocenters. The maximum atomic E-state index is 11.4. The summed E-state index contributed by atoms with van der Waals surface area (Å²) in [7, 11) is 0. The summed E-state index contributed by atoms with van der Waals surface area (Å²) in [4.78, 5) is 11.4. The van der Waals surface area contributed by atoms with Crippen molar-refractivity contribution in [3.63, 3.8) is 0 Å². The highest BCUT2D eigenvalue weighted by Gasteiger charge is 2.17. The lowest BCUT2D eigenvalue weighted by atomic mass is 10.0. The standard InChI is InChI=1S/C16H17ClN2O2/c1-9-5-3-4-6-12(9)10(2)19-15-13(16(20)21)7-11(18)8-14(15)17/h3-8,10,19H,18H2,1-2H3,(H,20,21). The summed E-state index contributed by atoms with van der Waals surface area (Å²) >= 11 is 6.14. The summed E-state index contributed by atoms with van der Waals surface area (Å²) < 4.78 is 0. The van der Waals surface area contributed by atoms with Crippen molar-refractivity contribution in [1.29, 1.82) is 0 Å². The van der Waals surface area contributed by atoms with Gasteiger partial charge in [-0.3, -0.25) is 0 Å². The predicted molar refractivity (Wildman–Crippen MR) is 86.0 cm³/mol. The number of hydrogen-bond donors (Lipinski definition) is 3. The first-order valence-corrected chi connectivity index (χ1v) is 6.92. The van der Waals surface area contributed by atoms with Crippen LogP contribution in [0.15, 0.2) is 36.4 Å². The molecule has 110 valence electrons. The lowest BCUT2D eigenvalue weighted by Crippen LogP contribution is -2.12. The molecule has 21 heavy (non-hydrogen) atoms. The third kappa shape index (κ3) is 3.28. The SMILES string of the molecule is Cc1ccccc1C(C)Nc1c(Cl)cc(N)cc1C(=O)O. The Morgan fingerprint density at radius 2 is 2.00 bits per heavy atom. The minimum absolute atomic E-state index is 0.0698. The average Bonchev–Trinajstić information content (AvgIpc) is 2.41. The number of nitrogen functional groups attached to an aromatic ring is 1. The van der Waals surface area contributed by atoms with E-state index in [9.17, 15) is 9.90 Å². The molecule has 2 rings (SSSR count). The van der Waals surface area contributed by atoms with Crippen LogP contribution in [0.5, 0.6) is 0 Å². The highest BCUT2D eigenvalue weighted by molar-refractivity contribution is 6.34. The van der Waals surface area contributed by atoms with Gasteiger partial charge >= 0.3 is 5.97 Å². The Balaban J connectivity index is 2.40. The van der Waals surface area contributed by atoms with Crippen LogP contribution < -0.4 is 11.1 Å². The molecule has 0 fully saturated rings. The molecule has 0 aliphatic carbocycles. The molecule has 0 aromatic heterocycles. The van der Waals surface area contributed by atoms with Crippen LogP contribution in [0.1, 0.15) is 34.5 Å². The fraction of sp³-hybridized carbons (Fsp3) is 0.188. The van der Waals surface area contributed by atoms with E-state index in [0.717, 1.165) is 11.1 Å². The molecule has 1 atom stereocenters. The normalized spacial score (nSPS) is 12.0. The van der Waals surface area contributed by atoms with E-state index in [1.165, 1.54) is 6.07 Å². The smallest absolute Gasteiger partial charge is 0.337 e. The molecule has 4 N–H and O–H groups in total. The van der Waals surface area contributed by atoms with Crippen molar-refractivity contribution in [2.75, 3.05) is 11.1 Å². The van der Waals surface area contributed by atoms with Gasteiger partial charge in [0.25, 0.3) is 0 Å². The quantitative estimate of drug-likeness (QED) is 0.743. The van der Waals surface area contributed by atoms with E-state index in [1.807, 2.05) is 38.1 Å². The average molecular weight is 305 g/mol. The molecule has 0 spiro atoms. The highest BCUT2D eigenvalue weighted by atomic mass is 35.5. The van der Waals surface area contributed by atoms with Gasteiger partial charge in [0, 0.05) is 11.7 Å². The number of aryl methyl sites for hydroxylation is 1. The lowest BCUT2D eigenvalue weighted by molar-refractivity contribution is 0.0698. The first kappa shape index (κ1) is 15.2. The number of carbonyl (C=O) groups is 1. The molecule has 0 bridgehead atoms. The molecule has 0 radical (unpaired) electrons. The highest BCUT2D eigenvalue weighted by Crippen LogP contribution is 2.32. The van der Waals surface area contributed by atoms with Gasteiger partial charge in [0.05, 0.1) is 16.3 Å². The van der Waals surface area contributed by atoms with Crippen molar-refractivity contribution in [1.82, 2.24) is 0 Å². The lowest BCUT2D eigenvalue weighted by Gasteiger charge is -2.20. The fourth-order valence-electron chi connectivity index (χ4n) is 2.31. The summed E-state index contributed by atoms with van der Waals surface area (Å²) in [6.07, 6.45) is 0. The van der Waals surface area contributed by atoms with Gasteiger partial charge in [0.15, 0.2) is 0 Å². The topological polar surface area (TPSA) is 75.3 Å². The Morgan fingerprint density at radius 3 is 2.62 bits per heavy atom. The molecule has 0 saturated carbocycles. The van der Waals surface area contributed by atoms with Crippen LogP contribution in [-0.4, -0.2) is 11.1 Å². The van der Waals surface area contributed by atoms with E-state index in [0.29, 0.717) is 16.4 Å². The summed E-state index contributed by atoms with van der Waals surface area (Å²) in [5.74, 6) is -1.07. The number of carboxylic acids is 1. The second-order valence-electron chi connectivity index (χ2n) is 4.95. The molecular weight excluding hydrogens is 288 g/mol. The van der Waals surface area contributed by atoms with E-state index < -0.39 is 5.97 Å². The van der Waals surface area contributed by atoms with Gasteiger partial charge in [-0.1, -0.05) is 35.9 Å². The van der Waals surface area contributed by atoms with E-state index in [-0.39, 0.29) is 11.6 Å². The van der Waals surface area contributed by atoms with Crippen LogP contribution in [0.2, 0.25) is 5.02 Å². The molecule has 5 heteroatoms. The van der Waals surface area contributed by atoms with Gasteiger partial charge in [-0.2, -0.15) is 0 Å². The third-order valence-corrected chi connectivity index (χ3v) is 3.66. The van der Waals surface area contributed by atoms with Gasteiger partial charge in [-0.05, 0) is 37.1 Å². The van der Waals surface area contributed by atoms with Crippen LogP contribution in [-0.2, 0) is 0 Å². The summed E-state index contributed by atoms with van der Waals surface area (Å²) in [5, 5.41) is 12.8. The Kier molecular flexibility index (Phi) is 4.38. The Morgan fingerprint density at radius 1 is 1.33 bits per heavy atom. The fourth-order valence-corrected chi connectivity index (χ4v) is 2.59. The summed E-state index contributed by atoms with van der Waals surface area (Å²) in [5.41, 5.74) is 8.65. The van der Waals surface area contributed by atoms with E-state index >= 15 is 0 Å². The minimum atomic E-state index is -1.07. The number of nitrogens with one attached hydrogen (secondary N) is 1. The molecule has 4 nitrogen and oxygen atoms in total. The molecule has 0 saturated heterocycles. The van der Waals surface area contributed by atoms with E-state index in [4.69, 9.17) is 17.3 Å². The second-order valence-corrected chi connectivity index (χ2v) is 5.36. The number of hydrogen-bond acceptors (Lipinski definition) is 3. The molecule has 0 amide bonds. The number of aromatic carboxylic acids is 1. The molecule has 0 heterocycles. The maximum absolute atomic E-state index is 11.4. The van der Waals surface area contributed by atoms with Crippen molar-refractivity contribution >= 4 is 28.9 Å². The Hall–Kier alpha value is -2.20. The van der Waals surface area contributed by atoms with Crippen molar-refractivity contribution in [2.45, 2.75) is 19.9 Å². The maximum Gasteiger partial charge on any atom is 0.337 e. The zero-order valence-corrected chi connectivity index (χ0v) is 12.6. The number of carboxylic acid groups (broad SMARTS) is 1. The minimum Gasteiger partial charge on any atom is -0.478 e. The van der Waals surface area contributed by atoms with Gasteiger partial charge in [-0.25, -0.2) is 4.79 Å². The molecule has 2 aromatic rings. The first-order valence-electron chi connectivity index (χ1n) is 6.54. The number of anilines is 2. The zero-order chi connectivity index (χ0) is 15.6. The van der Waals surface area contributed by atoms with Gasteiger partial charge < -0.3 is 16.2 Å². The number of halogens is 1. The second kappa shape index (κ2) is 6.06. The van der Waals surface area contributed by atoms with Gasteiger partial charge in [0.2, 0.25) is 0 Å². The monoisotopic (exact) mass is 304 g/mol. The third-order valence-electron chi connectivity index (χ3n) is 3.36. The first-order chi connectivity index (χ1) is 9.90. The number of rotatable bonds is 4. The Bertz CT molecular complexity index is 686. The van der Waals surface area contributed by atoms with Crippen LogP contribution in [0.25, 0.3) is 0 Å².